The van der Waals surface area contributed by atoms with Gasteiger partial charge >= 0.3 is 0 Å². The van der Waals surface area contributed by atoms with E-state index in [9.17, 15) is 4.79 Å². The third-order valence-corrected chi connectivity index (χ3v) is 5.12. The molecule has 0 aliphatic carbocycles. The summed E-state index contributed by atoms with van der Waals surface area (Å²) in [5, 5.41) is 0. The highest BCUT2D eigenvalue weighted by Crippen LogP contribution is 2.37. The maximum absolute atomic E-state index is 13.2. The largest absolute Gasteiger partial charge is 0.490 e. The molecule has 1 atom stereocenters. The number of nitrogens with zero attached hydrogens (tertiary/aromatic N) is 2. The van der Waals surface area contributed by atoms with E-state index in [4.69, 9.17) is 9.47 Å². The zero-order valence-electron chi connectivity index (χ0n) is 16.7. The summed E-state index contributed by atoms with van der Waals surface area (Å²) in [6, 6.07) is 13.5. The molecule has 2 aromatic carbocycles. The fourth-order valence-electron chi connectivity index (χ4n) is 3.80. The maximum atomic E-state index is 13.2. The molecule has 2 heterocycles. The van der Waals surface area contributed by atoms with Crippen LogP contribution in [-0.4, -0.2) is 34.0 Å². The van der Waals surface area contributed by atoms with Crippen LogP contribution < -0.4 is 9.47 Å². The molecular formula is C23H25N3O3. The highest BCUT2D eigenvalue weighted by Gasteiger charge is 2.34. The first kappa shape index (κ1) is 19.1. The molecule has 0 saturated carbocycles. The van der Waals surface area contributed by atoms with Crippen molar-refractivity contribution in [3.05, 3.63) is 77.4 Å². The second kappa shape index (κ2) is 8.39. The number of aromatic nitrogens is 2. The van der Waals surface area contributed by atoms with Crippen molar-refractivity contribution in [2.24, 2.45) is 0 Å². The lowest BCUT2D eigenvalue weighted by atomic mass is 10.0. The molecule has 29 heavy (non-hydrogen) atoms. The highest BCUT2D eigenvalue weighted by atomic mass is 16.5. The first-order chi connectivity index (χ1) is 14.2. The molecule has 0 bridgehead atoms. The van der Waals surface area contributed by atoms with Gasteiger partial charge in [0.2, 0.25) is 0 Å². The topological polar surface area (TPSA) is 67.5 Å². The van der Waals surface area contributed by atoms with Crippen LogP contribution in [0.1, 0.15) is 47.2 Å². The molecule has 0 unspecified atom stereocenters. The van der Waals surface area contributed by atoms with Gasteiger partial charge in [-0.1, -0.05) is 24.3 Å². The number of hydrogen-bond acceptors (Lipinski definition) is 4. The van der Waals surface area contributed by atoms with Crippen LogP contribution in [0.25, 0.3) is 0 Å². The monoisotopic (exact) mass is 391 g/mol. The van der Waals surface area contributed by atoms with Crippen molar-refractivity contribution in [2.45, 2.75) is 32.9 Å². The van der Waals surface area contributed by atoms with Crippen LogP contribution in [0.15, 0.2) is 54.9 Å². The second-order valence-corrected chi connectivity index (χ2v) is 6.92. The molecule has 150 valence electrons. The van der Waals surface area contributed by atoms with E-state index in [0.29, 0.717) is 37.7 Å². The Kier molecular flexibility index (Phi) is 5.51. The molecule has 4 rings (SSSR count). The Balaban J connectivity index is 1.72. The number of amides is 1. The van der Waals surface area contributed by atoms with Crippen molar-refractivity contribution in [2.75, 3.05) is 13.2 Å². The Morgan fingerprint density at radius 2 is 1.90 bits per heavy atom. The normalized spacial score (nSPS) is 14.0. The second-order valence-electron chi connectivity index (χ2n) is 6.92. The predicted octanol–water partition coefficient (Wildman–Crippen LogP) is 4.15. The minimum atomic E-state index is -0.170. The van der Waals surface area contributed by atoms with Gasteiger partial charge in [0.15, 0.2) is 11.5 Å². The molecule has 0 radical (unpaired) electrons. The van der Waals surface area contributed by atoms with Gasteiger partial charge in [0, 0.05) is 30.9 Å². The summed E-state index contributed by atoms with van der Waals surface area (Å²) in [6.45, 7) is 5.58. The third kappa shape index (κ3) is 3.83. The molecule has 1 N–H and O–H groups in total. The Hall–Kier alpha value is -3.28. The molecular weight excluding hydrogens is 366 g/mol. The number of carbonyl (C=O) groups is 1. The lowest BCUT2D eigenvalue weighted by Gasteiger charge is -2.28. The summed E-state index contributed by atoms with van der Waals surface area (Å²) in [7, 11) is 0. The van der Waals surface area contributed by atoms with Gasteiger partial charge in [-0.2, -0.15) is 0 Å². The summed E-state index contributed by atoms with van der Waals surface area (Å²) < 4.78 is 11.5. The SMILES string of the molecule is CCOc1ccc([C@H](Cc2ncc[nH]2)N2Cc3ccccc3C2=O)cc1OCC. The molecule has 3 aromatic rings. The van der Waals surface area contributed by atoms with Crippen molar-refractivity contribution >= 4 is 5.91 Å². The maximum Gasteiger partial charge on any atom is 0.255 e. The van der Waals surface area contributed by atoms with E-state index >= 15 is 0 Å². The number of rotatable bonds is 8. The average Bonchev–Trinajstić information content (AvgIpc) is 3.36. The van der Waals surface area contributed by atoms with Gasteiger partial charge in [0.1, 0.15) is 5.82 Å². The van der Waals surface area contributed by atoms with Crippen molar-refractivity contribution in [1.29, 1.82) is 0 Å². The number of aromatic amines is 1. The van der Waals surface area contributed by atoms with Crippen LogP contribution in [0.3, 0.4) is 0 Å². The van der Waals surface area contributed by atoms with Crippen LogP contribution in [0.4, 0.5) is 0 Å². The van der Waals surface area contributed by atoms with E-state index in [1.54, 1.807) is 12.4 Å². The zero-order valence-corrected chi connectivity index (χ0v) is 16.7. The number of hydrogen-bond donors (Lipinski definition) is 1. The molecule has 1 amide bonds. The third-order valence-electron chi connectivity index (χ3n) is 5.12. The number of carbonyl (C=O) groups excluding carboxylic acids is 1. The van der Waals surface area contributed by atoms with E-state index < -0.39 is 0 Å². The number of nitrogens with one attached hydrogen (secondary N) is 1. The van der Waals surface area contributed by atoms with Gasteiger partial charge in [-0.3, -0.25) is 4.79 Å². The van der Waals surface area contributed by atoms with Gasteiger partial charge in [0.05, 0.1) is 19.3 Å². The highest BCUT2D eigenvalue weighted by molar-refractivity contribution is 5.98. The minimum Gasteiger partial charge on any atom is -0.490 e. The van der Waals surface area contributed by atoms with E-state index in [-0.39, 0.29) is 11.9 Å². The number of imidazole rings is 1. The first-order valence-corrected chi connectivity index (χ1v) is 9.98. The van der Waals surface area contributed by atoms with Crippen LogP contribution in [0.5, 0.6) is 11.5 Å². The standard InChI is InChI=1S/C23H25N3O3/c1-3-28-20-10-9-16(13-21(20)29-4-2)19(14-22-24-11-12-25-22)26-15-17-7-5-6-8-18(17)23(26)27/h5-13,19H,3-4,14-15H2,1-2H3,(H,24,25)/t19-/m0/s1. The molecule has 6 nitrogen and oxygen atoms in total. The predicted molar refractivity (Wildman–Crippen MR) is 110 cm³/mol. The van der Waals surface area contributed by atoms with Crippen LogP contribution >= 0.6 is 0 Å². The summed E-state index contributed by atoms with van der Waals surface area (Å²) in [4.78, 5) is 22.6. The molecule has 0 spiro atoms. The van der Waals surface area contributed by atoms with Crippen molar-refractivity contribution in [3.63, 3.8) is 0 Å². The molecule has 1 aliphatic rings. The van der Waals surface area contributed by atoms with Crippen molar-refractivity contribution in [1.82, 2.24) is 14.9 Å². The van der Waals surface area contributed by atoms with Crippen LogP contribution in [-0.2, 0) is 13.0 Å². The average molecular weight is 391 g/mol. The van der Waals surface area contributed by atoms with Gasteiger partial charge in [-0.15, -0.1) is 0 Å². The van der Waals surface area contributed by atoms with Gasteiger partial charge in [-0.25, -0.2) is 4.98 Å². The lowest BCUT2D eigenvalue weighted by molar-refractivity contribution is 0.0698. The fraction of sp³-hybridized carbons (Fsp3) is 0.304. The summed E-state index contributed by atoms with van der Waals surface area (Å²) >= 11 is 0. The summed E-state index contributed by atoms with van der Waals surface area (Å²) in [6.07, 6.45) is 4.12. The quantitative estimate of drug-likeness (QED) is 0.626. The Morgan fingerprint density at radius 1 is 1.10 bits per heavy atom. The molecule has 0 fully saturated rings. The number of benzene rings is 2. The number of ether oxygens (including phenoxy) is 2. The van der Waals surface area contributed by atoms with E-state index in [1.165, 1.54) is 0 Å². The molecule has 0 saturated heterocycles. The van der Waals surface area contributed by atoms with Crippen molar-refractivity contribution < 1.29 is 14.3 Å². The van der Waals surface area contributed by atoms with Crippen LogP contribution in [0, 0.1) is 0 Å². The summed E-state index contributed by atoms with van der Waals surface area (Å²) in [5.74, 6) is 2.29. The van der Waals surface area contributed by atoms with Crippen LogP contribution in [0.2, 0.25) is 0 Å². The zero-order chi connectivity index (χ0) is 20.2. The number of H-pyrrole nitrogens is 1. The smallest absolute Gasteiger partial charge is 0.255 e. The molecule has 1 aliphatic heterocycles. The van der Waals surface area contributed by atoms with E-state index in [2.05, 4.69) is 9.97 Å². The van der Waals surface area contributed by atoms with Gasteiger partial charge in [-0.05, 0) is 43.2 Å². The Labute approximate surface area is 170 Å². The lowest BCUT2D eigenvalue weighted by Crippen LogP contribution is -2.31. The van der Waals surface area contributed by atoms with E-state index in [1.807, 2.05) is 61.2 Å². The number of fused-ring (bicyclic) bond motifs is 1. The molecule has 1 aromatic heterocycles. The van der Waals surface area contributed by atoms with E-state index in [0.717, 1.165) is 22.5 Å². The molecule has 6 heteroatoms. The fourth-order valence-corrected chi connectivity index (χ4v) is 3.80. The van der Waals surface area contributed by atoms with Gasteiger partial charge in [0.25, 0.3) is 5.91 Å². The Bertz CT molecular complexity index is 985. The van der Waals surface area contributed by atoms with Gasteiger partial charge < -0.3 is 19.4 Å². The van der Waals surface area contributed by atoms with Crippen molar-refractivity contribution in [3.8, 4) is 11.5 Å². The Morgan fingerprint density at radius 3 is 2.62 bits per heavy atom. The minimum absolute atomic E-state index is 0.0454. The first-order valence-electron chi connectivity index (χ1n) is 9.98. The summed E-state index contributed by atoms with van der Waals surface area (Å²) in [5.41, 5.74) is 2.82.